The molecule has 0 saturated carbocycles. The molecule has 0 spiro atoms. The molecule has 0 fully saturated rings. The average Bonchev–Trinajstić information content (AvgIpc) is 3.31. The highest BCUT2D eigenvalue weighted by atomic mass is 35.5. The number of fused-ring (bicyclic) bond motifs is 3. The average molecular weight is 600 g/mol. The van der Waals surface area contributed by atoms with Crippen LogP contribution in [0.4, 0.5) is 0 Å². The quantitative estimate of drug-likeness (QED) is 0.193. The fourth-order valence-electron chi connectivity index (χ4n) is 4.71. The predicted octanol–water partition coefficient (Wildman–Crippen LogP) is 6.19. The van der Waals surface area contributed by atoms with Crippen molar-refractivity contribution >= 4 is 56.9 Å². The van der Waals surface area contributed by atoms with E-state index in [9.17, 15) is 9.59 Å². The summed E-state index contributed by atoms with van der Waals surface area (Å²) >= 11 is 14.0. The Morgan fingerprint density at radius 2 is 2.05 bits per heavy atom. The first kappa shape index (κ1) is 28.1. The van der Waals surface area contributed by atoms with Gasteiger partial charge >= 0.3 is 0 Å². The highest BCUT2D eigenvalue weighted by molar-refractivity contribution is 7.18. The van der Waals surface area contributed by atoms with Crippen LogP contribution in [-0.4, -0.2) is 28.8 Å². The second kappa shape index (κ2) is 12.0. The van der Waals surface area contributed by atoms with Crippen molar-refractivity contribution < 1.29 is 14.3 Å². The Morgan fingerprint density at radius 3 is 2.80 bits per heavy atom. The van der Waals surface area contributed by atoms with E-state index in [1.54, 1.807) is 54.7 Å². The number of halogens is 2. The van der Waals surface area contributed by atoms with Gasteiger partial charge in [-0.3, -0.25) is 14.2 Å². The molecule has 0 unspecified atom stereocenters. The molecule has 2 atom stereocenters. The molecule has 1 amide bonds. The van der Waals surface area contributed by atoms with Gasteiger partial charge < -0.3 is 9.47 Å². The van der Waals surface area contributed by atoms with Crippen LogP contribution in [-0.2, 0) is 24.2 Å². The Balaban J connectivity index is 1.26. The molecule has 1 N–H and O–H groups in total. The van der Waals surface area contributed by atoms with Crippen molar-refractivity contribution in [3.05, 3.63) is 84.7 Å². The number of ether oxygens (including phenoxy) is 2. The Kier molecular flexibility index (Phi) is 8.44. The van der Waals surface area contributed by atoms with Gasteiger partial charge in [0.05, 0.1) is 25.0 Å². The van der Waals surface area contributed by atoms with Crippen molar-refractivity contribution in [1.29, 1.82) is 0 Å². The number of nitrogens with zero attached hydrogens (tertiary/aromatic N) is 3. The number of aromatic nitrogens is 2. The van der Waals surface area contributed by atoms with Gasteiger partial charge in [0.25, 0.3) is 11.5 Å². The molecular formula is C29H28Cl2N4O4S. The largest absolute Gasteiger partial charge is 0.493 e. The molecule has 1 aliphatic rings. The van der Waals surface area contributed by atoms with Crippen LogP contribution < -0.4 is 20.5 Å². The molecule has 0 saturated heterocycles. The number of nitrogens with one attached hydrogen (secondary N) is 1. The summed E-state index contributed by atoms with van der Waals surface area (Å²) in [6.07, 6.45) is 5.81. The van der Waals surface area contributed by atoms with Crippen LogP contribution in [0.5, 0.6) is 11.5 Å². The van der Waals surface area contributed by atoms with Gasteiger partial charge in [-0.1, -0.05) is 36.2 Å². The zero-order valence-electron chi connectivity index (χ0n) is 22.2. The fraction of sp³-hybridized carbons (Fsp3) is 0.310. The second-order valence-electron chi connectivity index (χ2n) is 9.80. The van der Waals surface area contributed by atoms with Crippen LogP contribution in [0.3, 0.4) is 0 Å². The maximum absolute atomic E-state index is 13.3. The van der Waals surface area contributed by atoms with E-state index in [4.69, 9.17) is 32.7 Å². The summed E-state index contributed by atoms with van der Waals surface area (Å²) in [5.74, 6) is 1.15. The zero-order valence-corrected chi connectivity index (χ0v) is 24.6. The highest BCUT2D eigenvalue weighted by Gasteiger charge is 2.25. The number of methoxy groups -OCH3 is 1. The third kappa shape index (κ3) is 5.73. The smallest absolute Gasteiger partial charge is 0.263 e. The predicted molar refractivity (Wildman–Crippen MR) is 159 cm³/mol. The fourth-order valence-corrected chi connectivity index (χ4v) is 6.56. The first-order chi connectivity index (χ1) is 19.3. The van der Waals surface area contributed by atoms with Crippen molar-refractivity contribution in [2.24, 2.45) is 11.0 Å². The number of aryl methyl sites for hydroxylation is 1. The lowest BCUT2D eigenvalue weighted by molar-refractivity contribution is -0.123. The summed E-state index contributed by atoms with van der Waals surface area (Å²) in [7, 11) is 1.53. The van der Waals surface area contributed by atoms with Crippen molar-refractivity contribution in [2.75, 3.05) is 7.11 Å². The lowest BCUT2D eigenvalue weighted by atomic mass is 9.89. The molecule has 208 valence electrons. The van der Waals surface area contributed by atoms with Gasteiger partial charge in [0, 0.05) is 20.5 Å². The Morgan fingerprint density at radius 1 is 1.27 bits per heavy atom. The Hall–Kier alpha value is -3.40. The summed E-state index contributed by atoms with van der Waals surface area (Å²) in [6, 6.07) is 9.71. The number of hydrogen-bond donors (Lipinski definition) is 1. The summed E-state index contributed by atoms with van der Waals surface area (Å²) in [5, 5.41) is 5.76. The summed E-state index contributed by atoms with van der Waals surface area (Å²) in [6.45, 7) is 4.05. The van der Waals surface area contributed by atoms with Crippen LogP contribution in [0, 0.1) is 5.92 Å². The van der Waals surface area contributed by atoms with E-state index in [-0.39, 0.29) is 12.2 Å². The van der Waals surface area contributed by atoms with Gasteiger partial charge in [-0.15, -0.1) is 11.3 Å². The van der Waals surface area contributed by atoms with Gasteiger partial charge in [0.1, 0.15) is 17.5 Å². The number of benzene rings is 2. The molecule has 0 bridgehead atoms. The van der Waals surface area contributed by atoms with Crippen LogP contribution in [0.2, 0.25) is 10.0 Å². The molecule has 11 heteroatoms. The van der Waals surface area contributed by atoms with Gasteiger partial charge in [0.15, 0.2) is 11.5 Å². The lowest BCUT2D eigenvalue weighted by Crippen LogP contribution is -2.34. The number of hydrazone groups is 1. The van der Waals surface area contributed by atoms with Gasteiger partial charge in [-0.25, -0.2) is 10.4 Å². The molecule has 2 heterocycles. The van der Waals surface area contributed by atoms with Gasteiger partial charge in [0.2, 0.25) is 0 Å². The normalized spacial score (nSPS) is 15.7. The molecule has 0 aliphatic heterocycles. The van der Waals surface area contributed by atoms with E-state index in [1.165, 1.54) is 29.1 Å². The van der Waals surface area contributed by atoms with Crippen LogP contribution >= 0.6 is 34.5 Å². The number of amides is 1. The van der Waals surface area contributed by atoms with Crippen molar-refractivity contribution in [2.45, 2.75) is 45.8 Å². The van der Waals surface area contributed by atoms with E-state index in [0.717, 1.165) is 29.7 Å². The number of carbonyl (C=O) groups excluding carboxylic acids is 1. The number of thiophene rings is 1. The first-order valence-corrected chi connectivity index (χ1v) is 14.4. The van der Waals surface area contributed by atoms with Gasteiger partial charge in [-0.2, -0.15) is 5.10 Å². The SMILES string of the molecule is COc1cc(/C=N\NC(=O)[C@H](C)n2cnc3sc4c(c3c2=O)CC[C@H](C)C4)ccc1OCc1c(Cl)cccc1Cl. The standard InChI is InChI=1S/C29H28Cl2N4O4S/c1-16-7-9-19-25(11-16)40-28-26(19)29(37)35(15-32-28)17(2)27(36)34-33-13-18-8-10-23(24(12-18)38-3)39-14-20-21(30)5-4-6-22(20)31/h4-6,8,10,12-13,15-17H,7,9,11,14H2,1-3H3,(H,34,36)/b33-13-/t16-,17-/m0/s1. The zero-order chi connectivity index (χ0) is 28.4. The lowest BCUT2D eigenvalue weighted by Gasteiger charge is -2.18. The monoisotopic (exact) mass is 598 g/mol. The molecule has 2 aromatic carbocycles. The molecule has 0 radical (unpaired) electrons. The maximum atomic E-state index is 13.3. The van der Waals surface area contributed by atoms with Crippen LogP contribution in [0.25, 0.3) is 10.2 Å². The molecule has 2 aromatic heterocycles. The topological polar surface area (TPSA) is 94.8 Å². The number of carbonyl (C=O) groups is 1. The molecule has 4 aromatic rings. The van der Waals surface area contributed by atoms with Gasteiger partial charge in [-0.05, 0) is 73.6 Å². The van der Waals surface area contributed by atoms with E-state index >= 15 is 0 Å². The Bertz CT molecular complexity index is 1650. The van der Waals surface area contributed by atoms with E-state index in [1.807, 2.05) is 0 Å². The number of rotatable bonds is 8. The van der Waals surface area contributed by atoms with Crippen molar-refractivity contribution in [3.8, 4) is 11.5 Å². The third-order valence-corrected chi connectivity index (χ3v) is 8.92. The molecule has 5 rings (SSSR count). The second-order valence-corrected chi connectivity index (χ2v) is 11.7. The minimum absolute atomic E-state index is 0.170. The van der Waals surface area contributed by atoms with Crippen LogP contribution in [0.1, 0.15) is 47.9 Å². The molecule has 1 aliphatic carbocycles. The molecular weight excluding hydrogens is 571 g/mol. The van der Waals surface area contributed by atoms with Crippen molar-refractivity contribution in [1.82, 2.24) is 15.0 Å². The molecule has 8 nitrogen and oxygen atoms in total. The minimum atomic E-state index is -0.790. The third-order valence-electron chi connectivity index (χ3n) is 7.05. The van der Waals surface area contributed by atoms with E-state index < -0.39 is 11.9 Å². The summed E-state index contributed by atoms with van der Waals surface area (Å²) < 4.78 is 12.7. The number of hydrogen-bond acceptors (Lipinski definition) is 7. The first-order valence-electron chi connectivity index (χ1n) is 12.8. The summed E-state index contributed by atoms with van der Waals surface area (Å²) in [5.41, 5.74) is 4.77. The van der Waals surface area contributed by atoms with Crippen molar-refractivity contribution in [3.63, 3.8) is 0 Å². The summed E-state index contributed by atoms with van der Waals surface area (Å²) in [4.78, 5) is 32.7. The minimum Gasteiger partial charge on any atom is -0.493 e. The highest BCUT2D eigenvalue weighted by Crippen LogP contribution is 2.36. The van der Waals surface area contributed by atoms with E-state index in [0.29, 0.717) is 44.0 Å². The Labute approximate surface area is 245 Å². The van der Waals surface area contributed by atoms with E-state index in [2.05, 4.69) is 22.4 Å². The van der Waals surface area contributed by atoms with Crippen LogP contribution in [0.15, 0.2) is 52.6 Å². The maximum Gasteiger partial charge on any atom is 0.263 e. The molecule has 40 heavy (non-hydrogen) atoms.